The summed E-state index contributed by atoms with van der Waals surface area (Å²) in [5, 5.41) is 3.19. The molecule has 1 aliphatic heterocycles. The van der Waals surface area contributed by atoms with Crippen LogP contribution < -0.4 is 10.1 Å². The van der Waals surface area contributed by atoms with Crippen molar-refractivity contribution in [2.75, 3.05) is 39.8 Å². The second-order valence-corrected chi connectivity index (χ2v) is 8.88. The first-order valence-corrected chi connectivity index (χ1v) is 11.3. The molecule has 1 unspecified atom stereocenters. The first-order valence-electron chi connectivity index (χ1n) is 11.3. The van der Waals surface area contributed by atoms with Gasteiger partial charge in [0.1, 0.15) is 5.75 Å². The standard InChI is InChI=1S/C26H35N3O3/c1-19(2)26(22-9-11-23(32-4)12-10-22)27-24(30)18-28-13-15-29(16-14-28)25(31)17-21-7-5-20(3)6-8-21/h5-12,19,26H,13-18H2,1-4H3,(H,27,30). The summed E-state index contributed by atoms with van der Waals surface area (Å²) in [7, 11) is 1.65. The second kappa shape index (κ2) is 11.1. The third-order valence-electron chi connectivity index (χ3n) is 6.03. The van der Waals surface area contributed by atoms with Crippen LogP contribution >= 0.6 is 0 Å². The van der Waals surface area contributed by atoms with Crippen molar-refractivity contribution in [2.24, 2.45) is 5.92 Å². The molecule has 2 amide bonds. The third-order valence-corrected chi connectivity index (χ3v) is 6.03. The summed E-state index contributed by atoms with van der Waals surface area (Å²) in [4.78, 5) is 29.4. The summed E-state index contributed by atoms with van der Waals surface area (Å²) in [5.41, 5.74) is 3.31. The zero-order valence-electron chi connectivity index (χ0n) is 19.6. The van der Waals surface area contributed by atoms with Gasteiger partial charge in [-0.1, -0.05) is 55.8 Å². The molecule has 0 aliphatic carbocycles. The predicted octanol–water partition coefficient (Wildman–Crippen LogP) is 3.20. The van der Waals surface area contributed by atoms with Gasteiger partial charge in [0.05, 0.1) is 26.1 Å². The smallest absolute Gasteiger partial charge is 0.234 e. The Kier molecular flexibility index (Phi) is 8.28. The van der Waals surface area contributed by atoms with Gasteiger partial charge < -0.3 is 15.0 Å². The molecule has 1 N–H and O–H groups in total. The minimum atomic E-state index is -0.0502. The highest BCUT2D eigenvalue weighted by atomic mass is 16.5. The molecule has 32 heavy (non-hydrogen) atoms. The number of carbonyl (C=O) groups excluding carboxylic acids is 2. The fourth-order valence-electron chi connectivity index (χ4n) is 4.02. The molecule has 6 heteroatoms. The van der Waals surface area contributed by atoms with Crippen molar-refractivity contribution in [1.82, 2.24) is 15.1 Å². The number of nitrogens with zero attached hydrogens (tertiary/aromatic N) is 2. The number of nitrogens with one attached hydrogen (secondary N) is 1. The Morgan fingerprint density at radius 3 is 2.16 bits per heavy atom. The predicted molar refractivity (Wildman–Crippen MR) is 127 cm³/mol. The molecule has 3 rings (SSSR count). The largest absolute Gasteiger partial charge is 0.497 e. The van der Waals surface area contributed by atoms with Crippen LogP contribution in [-0.4, -0.2) is 61.4 Å². The quantitative estimate of drug-likeness (QED) is 0.689. The molecule has 0 saturated carbocycles. The van der Waals surface area contributed by atoms with Crippen LogP contribution in [0.25, 0.3) is 0 Å². The number of carbonyl (C=O) groups is 2. The fraction of sp³-hybridized carbons (Fsp3) is 0.462. The van der Waals surface area contributed by atoms with Gasteiger partial charge in [-0.15, -0.1) is 0 Å². The number of benzene rings is 2. The summed E-state index contributed by atoms with van der Waals surface area (Å²) >= 11 is 0. The Morgan fingerprint density at radius 2 is 1.59 bits per heavy atom. The van der Waals surface area contributed by atoms with E-state index in [4.69, 9.17) is 4.74 Å². The summed E-state index contributed by atoms with van der Waals surface area (Å²) in [6.45, 7) is 9.33. The molecule has 0 radical (unpaired) electrons. The van der Waals surface area contributed by atoms with Crippen LogP contribution in [0.2, 0.25) is 0 Å². The molecule has 2 aromatic carbocycles. The molecule has 172 valence electrons. The van der Waals surface area contributed by atoms with Crippen LogP contribution in [0.1, 0.15) is 36.6 Å². The van der Waals surface area contributed by atoms with Crippen molar-refractivity contribution in [1.29, 1.82) is 0 Å². The minimum Gasteiger partial charge on any atom is -0.497 e. The van der Waals surface area contributed by atoms with Crippen molar-refractivity contribution < 1.29 is 14.3 Å². The maximum absolute atomic E-state index is 12.7. The van der Waals surface area contributed by atoms with E-state index in [2.05, 4.69) is 24.1 Å². The highest BCUT2D eigenvalue weighted by molar-refractivity contribution is 5.79. The van der Waals surface area contributed by atoms with Gasteiger partial charge in [0.25, 0.3) is 0 Å². The molecule has 2 aromatic rings. The fourth-order valence-corrected chi connectivity index (χ4v) is 4.02. The zero-order chi connectivity index (χ0) is 23.1. The molecule has 1 aliphatic rings. The van der Waals surface area contributed by atoms with Gasteiger partial charge in [0.2, 0.25) is 11.8 Å². The lowest BCUT2D eigenvalue weighted by atomic mass is 9.96. The lowest BCUT2D eigenvalue weighted by Gasteiger charge is -2.35. The first-order chi connectivity index (χ1) is 15.4. The average Bonchev–Trinajstić information content (AvgIpc) is 2.79. The topological polar surface area (TPSA) is 61.9 Å². The monoisotopic (exact) mass is 437 g/mol. The van der Waals surface area contributed by atoms with E-state index < -0.39 is 0 Å². The van der Waals surface area contributed by atoms with E-state index in [1.807, 2.05) is 60.4 Å². The molecule has 1 saturated heterocycles. The van der Waals surface area contributed by atoms with E-state index in [1.165, 1.54) is 5.56 Å². The van der Waals surface area contributed by atoms with E-state index >= 15 is 0 Å². The maximum atomic E-state index is 12.7. The normalized spacial score (nSPS) is 15.5. The Labute approximate surface area is 191 Å². The molecule has 1 heterocycles. The Balaban J connectivity index is 1.47. The van der Waals surface area contributed by atoms with Crippen molar-refractivity contribution in [3.05, 3.63) is 65.2 Å². The van der Waals surface area contributed by atoms with Crippen molar-refractivity contribution >= 4 is 11.8 Å². The van der Waals surface area contributed by atoms with E-state index in [0.29, 0.717) is 39.1 Å². The number of ether oxygens (including phenoxy) is 1. The van der Waals surface area contributed by atoms with Crippen LogP contribution in [-0.2, 0) is 16.0 Å². The van der Waals surface area contributed by atoms with Gasteiger partial charge in [-0.3, -0.25) is 14.5 Å². The number of methoxy groups -OCH3 is 1. The number of rotatable bonds is 8. The first kappa shape index (κ1) is 23.8. The SMILES string of the molecule is COc1ccc(C(NC(=O)CN2CCN(C(=O)Cc3ccc(C)cc3)CC2)C(C)C)cc1. The van der Waals surface area contributed by atoms with E-state index in [9.17, 15) is 9.59 Å². The van der Waals surface area contributed by atoms with Crippen LogP contribution in [0.5, 0.6) is 5.75 Å². The Hall–Kier alpha value is -2.86. The molecule has 6 nitrogen and oxygen atoms in total. The van der Waals surface area contributed by atoms with E-state index in [0.717, 1.165) is 16.9 Å². The summed E-state index contributed by atoms with van der Waals surface area (Å²) in [6, 6.07) is 15.9. The number of piperazine rings is 1. The number of aryl methyl sites for hydroxylation is 1. The van der Waals surface area contributed by atoms with Gasteiger partial charge in [0, 0.05) is 26.2 Å². The highest BCUT2D eigenvalue weighted by Crippen LogP contribution is 2.24. The van der Waals surface area contributed by atoms with Crippen LogP contribution in [0.15, 0.2) is 48.5 Å². The number of amides is 2. The van der Waals surface area contributed by atoms with Gasteiger partial charge >= 0.3 is 0 Å². The summed E-state index contributed by atoms with van der Waals surface area (Å²) in [6.07, 6.45) is 0.429. The average molecular weight is 438 g/mol. The van der Waals surface area contributed by atoms with Crippen molar-refractivity contribution in [2.45, 2.75) is 33.2 Å². The lowest BCUT2D eigenvalue weighted by Crippen LogP contribution is -2.51. The van der Waals surface area contributed by atoms with Gasteiger partial charge in [-0.2, -0.15) is 0 Å². The number of hydrogen-bond donors (Lipinski definition) is 1. The van der Waals surface area contributed by atoms with Crippen LogP contribution in [0.3, 0.4) is 0 Å². The third kappa shape index (κ3) is 6.57. The molecular formula is C26H35N3O3. The van der Waals surface area contributed by atoms with Crippen molar-refractivity contribution in [3.8, 4) is 5.75 Å². The highest BCUT2D eigenvalue weighted by Gasteiger charge is 2.24. The molecule has 1 fully saturated rings. The Bertz CT molecular complexity index is 886. The molecule has 0 spiro atoms. The zero-order valence-corrected chi connectivity index (χ0v) is 19.6. The van der Waals surface area contributed by atoms with E-state index in [-0.39, 0.29) is 23.8 Å². The molecule has 0 bridgehead atoms. The molecule has 1 atom stereocenters. The number of hydrogen-bond acceptors (Lipinski definition) is 4. The summed E-state index contributed by atoms with van der Waals surface area (Å²) < 4.78 is 5.23. The summed E-state index contributed by atoms with van der Waals surface area (Å²) in [5.74, 6) is 1.23. The lowest BCUT2D eigenvalue weighted by molar-refractivity contribution is -0.132. The van der Waals surface area contributed by atoms with Gasteiger partial charge in [0.15, 0.2) is 0 Å². The van der Waals surface area contributed by atoms with Gasteiger partial charge in [-0.25, -0.2) is 0 Å². The minimum absolute atomic E-state index is 0.0129. The van der Waals surface area contributed by atoms with E-state index in [1.54, 1.807) is 7.11 Å². The van der Waals surface area contributed by atoms with Crippen LogP contribution in [0.4, 0.5) is 0 Å². The van der Waals surface area contributed by atoms with Crippen molar-refractivity contribution in [3.63, 3.8) is 0 Å². The molecular weight excluding hydrogens is 402 g/mol. The maximum Gasteiger partial charge on any atom is 0.234 e. The molecule has 0 aromatic heterocycles. The Morgan fingerprint density at radius 1 is 0.969 bits per heavy atom. The van der Waals surface area contributed by atoms with Gasteiger partial charge in [-0.05, 0) is 36.1 Å². The van der Waals surface area contributed by atoms with Crippen LogP contribution in [0, 0.1) is 12.8 Å². The second-order valence-electron chi connectivity index (χ2n) is 8.88.